The summed E-state index contributed by atoms with van der Waals surface area (Å²) < 4.78 is 5.27. The first kappa shape index (κ1) is 15.8. The van der Waals surface area contributed by atoms with Crippen LogP contribution in [0.2, 0.25) is 0 Å². The van der Waals surface area contributed by atoms with E-state index < -0.39 is 0 Å². The van der Waals surface area contributed by atoms with Gasteiger partial charge in [0, 0.05) is 4.90 Å². The molecule has 112 valence electrons. The SMILES string of the molecule is CC(=O)C(c1nc(CSc2cccc(C)c2)no1)C(C)C. The second kappa shape index (κ2) is 6.89. The van der Waals surface area contributed by atoms with Crippen molar-refractivity contribution in [1.82, 2.24) is 10.1 Å². The van der Waals surface area contributed by atoms with Gasteiger partial charge >= 0.3 is 0 Å². The Morgan fingerprint density at radius 2 is 2.14 bits per heavy atom. The molecule has 2 rings (SSSR count). The molecule has 21 heavy (non-hydrogen) atoms. The first-order chi connectivity index (χ1) is 9.97. The molecule has 0 spiro atoms. The van der Waals surface area contributed by atoms with Crippen LogP contribution in [0.4, 0.5) is 0 Å². The minimum atomic E-state index is -0.310. The normalized spacial score (nSPS) is 12.6. The Morgan fingerprint density at radius 1 is 1.38 bits per heavy atom. The van der Waals surface area contributed by atoms with E-state index in [9.17, 15) is 4.79 Å². The molecule has 0 N–H and O–H groups in total. The molecule has 0 radical (unpaired) electrons. The highest BCUT2D eigenvalue weighted by atomic mass is 32.2. The first-order valence-electron chi connectivity index (χ1n) is 6.99. The molecule has 0 saturated carbocycles. The van der Waals surface area contributed by atoms with Crippen LogP contribution in [0.25, 0.3) is 0 Å². The zero-order valence-electron chi connectivity index (χ0n) is 12.8. The molecule has 0 saturated heterocycles. The van der Waals surface area contributed by atoms with Crippen LogP contribution in [0.15, 0.2) is 33.7 Å². The molecule has 5 heteroatoms. The Balaban J connectivity index is 2.04. The highest BCUT2D eigenvalue weighted by molar-refractivity contribution is 7.98. The van der Waals surface area contributed by atoms with Crippen molar-refractivity contribution in [3.63, 3.8) is 0 Å². The van der Waals surface area contributed by atoms with Crippen LogP contribution < -0.4 is 0 Å². The Kier molecular flexibility index (Phi) is 5.17. The second-order valence-electron chi connectivity index (χ2n) is 5.49. The molecule has 0 aliphatic carbocycles. The van der Waals surface area contributed by atoms with Gasteiger partial charge in [-0.1, -0.05) is 36.7 Å². The fraction of sp³-hybridized carbons (Fsp3) is 0.438. The quantitative estimate of drug-likeness (QED) is 0.755. The first-order valence-corrected chi connectivity index (χ1v) is 7.98. The largest absolute Gasteiger partial charge is 0.339 e. The fourth-order valence-corrected chi connectivity index (χ4v) is 3.09. The summed E-state index contributed by atoms with van der Waals surface area (Å²) in [4.78, 5) is 17.2. The Labute approximate surface area is 129 Å². The fourth-order valence-electron chi connectivity index (χ4n) is 2.23. The van der Waals surface area contributed by atoms with Crippen molar-refractivity contribution in [2.45, 2.75) is 44.3 Å². The third kappa shape index (κ3) is 4.17. The number of hydrogen-bond acceptors (Lipinski definition) is 5. The summed E-state index contributed by atoms with van der Waals surface area (Å²) in [6.45, 7) is 7.60. The Morgan fingerprint density at radius 3 is 2.76 bits per heavy atom. The number of carbonyl (C=O) groups is 1. The summed E-state index contributed by atoms with van der Waals surface area (Å²) in [5.41, 5.74) is 1.23. The number of aryl methyl sites for hydroxylation is 1. The molecule has 4 nitrogen and oxygen atoms in total. The zero-order chi connectivity index (χ0) is 15.4. The van der Waals surface area contributed by atoms with Gasteiger partial charge in [0.1, 0.15) is 5.78 Å². The lowest BCUT2D eigenvalue weighted by Gasteiger charge is -2.12. The summed E-state index contributed by atoms with van der Waals surface area (Å²) in [7, 11) is 0. The molecule has 1 atom stereocenters. The van der Waals surface area contributed by atoms with Gasteiger partial charge in [-0.2, -0.15) is 4.98 Å². The number of ketones is 1. The number of thioether (sulfide) groups is 1. The standard InChI is InChI=1S/C16H20N2O2S/c1-10(2)15(12(4)19)16-17-14(18-20-16)9-21-13-7-5-6-11(3)8-13/h5-8,10,15H,9H2,1-4H3. The minimum Gasteiger partial charge on any atom is -0.339 e. The van der Waals surface area contributed by atoms with E-state index in [4.69, 9.17) is 4.52 Å². The van der Waals surface area contributed by atoms with Gasteiger partial charge in [-0.3, -0.25) is 4.79 Å². The van der Waals surface area contributed by atoms with Crippen LogP contribution in [0.3, 0.4) is 0 Å². The lowest BCUT2D eigenvalue weighted by molar-refractivity contribution is -0.119. The van der Waals surface area contributed by atoms with Gasteiger partial charge in [0.15, 0.2) is 5.82 Å². The zero-order valence-corrected chi connectivity index (χ0v) is 13.6. The molecule has 0 bridgehead atoms. The van der Waals surface area contributed by atoms with Crippen LogP contribution in [0.1, 0.15) is 44.0 Å². The Hall–Kier alpha value is -1.62. The van der Waals surface area contributed by atoms with Crippen molar-refractivity contribution in [1.29, 1.82) is 0 Å². The lowest BCUT2D eigenvalue weighted by atomic mass is 9.92. The van der Waals surface area contributed by atoms with Gasteiger partial charge in [0.25, 0.3) is 0 Å². The molecule has 1 heterocycles. The summed E-state index contributed by atoms with van der Waals surface area (Å²) in [5, 5.41) is 3.98. The number of carbonyl (C=O) groups excluding carboxylic acids is 1. The molecule has 0 aliphatic rings. The summed E-state index contributed by atoms with van der Waals surface area (Å²) in [5.74, 6) is 1.60. The van der Waals surface area contributed by atoms with Crippen molar-refractivity contribution in [2.75, 3.05) is 0 Å². The van der Waals surface area contributed by atoms with E-state index in [0.717, 1.165) is 0 Å². The van der Waals surface area contributed by atoms with E-state index in [-0.39, 0.29) is 17.6 Å². The van der Waals surface area contributed by atoms with Crippen molar-refractivity contribution >= 4 is 17.5 Å². The molecule has 0 amide bonds. The molecule has 1 aromatic heterocycles. The maximum absolute atomic E-state index is 11.7. The summed E-state index contributed by atoms with van der Waals surface area (Å²) in [6.07, 6.45) is 0. The Bertz CT molecular complexity index is 622. The number of aromatic nitrogens is 2. The van der Waals surface area contributed by atoms with E-state index in [1.807, 2.05) is 19.9 Å². The van der Waals surface area contributed by atoms with E-state index in [2.05, 4.69) is 35.3 Å². The average Bonchev–Trinajstić information content (AvgIpc) is 2.84. The van der Waals surface area contributed by atoms with E-state index in [1.54, 1.807) is 18.7 Å². The third-order valence-electron chi connectivity index (χ3n) is 3.21. The van der Waals surface area contributed by atoms with Gasteiger partial charge in [-0.15, -0.1) is 11.8 Å². The summed E-state index contributed by atoms with van der Waals surface area (Å²) in [6, 6.07) is 8.28. The smallest absolute Gasteiger partial charge is 0.237 e. The van der Waals surface area contributed by atoms with Crippen LogP contribution >= 0.6 is 11.8 Å². The van der Waals surface area contributed by atoms with Crippen molar-refractivity contribution < 1.29 is 9.32 Å². The van der Waals surface area contributed by atoms with E-state index in [1.165, 1.54) is 10.5 Å². The van der Waals surface area contributed by atoms with Gasteiger partial charge in [-0.25, -0.2) is 0 Å². The highest BCUT2D eigenvalue weighted by Crippen LogP contribution is 2.26. The summed E-state index contributed by atoms with van der Waals surface area (Å²) >= 11 is 1.66. The maximum atomic E-state index is 11.7. The van der Waals surface area contributed by atoms with Crippen LogP contribution in [0.5, 0.6) is 0 Å². The molecular formula is C16H20N2O2S. The third-order valence-corrected chi connectivity index (χ3v) is 4.20. The predicted molar refractivity (Wildman–Crippen MR) is 83.3 cm³/mol. The molecular weight excluding hydrogens is 284 g/mol. The van der Waals surface area contributed by atoms with E-state index in [0.29, 0.717) is 17.5 Å². The monoisotopic (exact) mass is 304 g/mol. The average molecular weight is 304 g/mol. The molecule has 1 aromatic carbocycles. The van der Waals surface area contributed by atoms with Crippen LogP contribution in [-0.2, 0) is 10.5 Å². The van der Waals surface area contributed by atoms with Crippen molar-refractivity contribution in [3.05, 3.63) is 41.5 Å². The maximum Gasteiger partial charge on any atom is 0.237 e. The van der Waals surface area contributed by atoms with Crippen LogP contribution in [-0.4, -0.2) is 15.9 Å². The topological polar surface area (TPSA) is 56.0 Å². The highest BCUT2D eigenvalue weighted by Gasteiger charge is 2.26. The molecule has 0 fully saturated rings. The van der Waals surface area contributed by atoms with E-state index >= 15 is 0 Å². The number of hydrogen-bond donors (Lipinski definition) is 0. The van der Waals surface area contributed by atoms with Crippen molar-refractivity contribution in [2.24, 2.45) is 5.92 Å². The second-order valence-corrected chi connectivity index (χ2v) is 6.54. The van der Waals surface area contributed by atoms with Crippen molar-refractivity contribution in [3.8, 4) is 0 Å². The molecule has 0 aliphatic heterocycles. The number of Topliss-reactive ketones (excluding diaryl/α,β-unsaturated/α-hetero) is 1. The van der Waals surface area contributed by atoms with Gasteiger partial charge in [0.05, 0.1) is 11.7 Å². The van der Waals surface area contributed by atoms with Gasteiger partial charge in [-0.05, 0) is 31.9 Å². The van der Waals surface area contributed by atoms with Gasteiger partial charge in [0.2, 0.25) is 5.89 Å². The molecule has 1 unspecified atom stereocenters. The number of rotatable bonds is 6. The number of benzene rings is 1. The lowest BCUT2D eigenvalue weighted by Crippen LogP contribution is -2.15. The van der Waals surface area contributed by atoms with Crippen LogP contribution in [0, 0.1) is 12.8 Å². The number of nitrogens with zero attached hydrogens (tertiary/aromatic N) is 2. The minimum absolute atomic E-state index is 0.0616. The molecule has 2 aromatic rings. The predicted octanol–water partition coefficient (Wildman–Crippen LogP) is 4.00. The van der Waals surface area contributed by atoms with Gasteiger partial charge < -0.3 is 4.52 Å².